The molecule has 17 heavy (non-hydrogen) atoms. The second-order valence-corrected chi connectivity index (χ2v) is 4.78. The van der Waals surface area contributed by atoms with Crippen molar-refractivity contribution < 1.29 is 9.90 Å². The Bertz CT molecular complexity index is 462. The summed E-state index contributed by atoms with van der Waals surface area (Å²) in [5.74, 6) is 0.644. The number of nitrogens with zero attached hydrogens (tertiary/aromatic N) is 1. The zero-order valence-corrected chi connectivity index (χ0v) is 9.54. The molecule has 1 aliphatic carbocycles. The summed E-state index contributed by atoms with van der Waals surface area (Å²) in [6.07, 6.45) is 3.76. The van der Waals surface area contributed by atoms with Crippen LogP contribution in [0.5, 0.6) is 0 Å². The van der Waals surface area contributed by atoms with Gasteiger partial charge in [-0.15, -0.1) is 0 Å². The maximum absolute atomic E-state index is 11.3. The fraction of sp³-hybridized carbons (Fsp3) is 0.357. The normalized spacial score (nSPS) is 23.6. The number of carboxylic acid groups (broad SMARTS) is 1. The number of benzene rings is 1. The predicted molar refractivity (Wildman–Crippen MR) is 64.7 cm³/mol. The lowest BCUT2D eigenvalue weighted by atomic mass is 10.1. The first-order valence-corrected chi connectivity index (χ1v) is 6.01. The first kappa shape index (κ1) is 10.4. The van der Waals surface area contributed by atoms with Crippen LogP contribution < -0.4 is 0 Å². The van der Waals surface area contributed by atoms with Gasteiger partial charge in [-0.05, 0) is 29.9 Å². The van der Waals surface area contributed by atoms with Crippen LogP contribution in [0.4, 0.5) is 4.79 Å². The maximum atomic E-state index is 11.3. The third kappa shape index (κ3) is 1.93. The lowest BCUT2D eigenvalue weighted by Gasteiger charge is -2.21. The van der Waals surface area contributed by atoms with E-state index in [2.05, 4.69) is 6.08 Å². The summed E-state index contributed by atoms with van der Waals surface area (Å²) in [5, 5.41) is 9.26. The van der Waals surface area contributed by atoms with Crippen molar-refractivity contribution in [2.45, 2.75) is 18.9 Å². The average Bonchev–Trinajstić information content (AvgIpc) is 3.09. The number of hydrogen-bond donors (Lipinski definition) is 1. The molecular weight excluding hydrogens is 214 g/mol. The smallest absolute Gasteiger partial charge is 0.408 e. The van der Waals surface area contributed by atoms with Crippen LogP contribution in [-0.4, -0.2) is 22.6 Å². The van der Waals surface area contributed by atoms with Gasteiger partial charge in [-0.25, -0.2) is 4.79 Å². The minimum absolute atomic E-state index is 0.0932. The number of rotatable bonds is 2. The first-order chi connectivity index (χ1) is 8.25. The van der Waals surface area contributed by atoms with E-state index in [9.17, 15) is 9.90 Å². The molecule has 1 N–H and O–H groups in total. The summed E-state index contributed by atoms with van der Waals surface area (Å²) in [4.78, 5) is 12.8. The highest BCUT2D eigenvalue weighted by atomic mass is 16.4. The second-order valence-electron chi connectivity index (χ2n) is 4.78. The topological polar surface area (TPSA) is 40.5 Å². The van der Waals surface area contributed by atoms with Gasteiger partial charge >= 0.3 is 6.09 Å². The van der Waals surface area contributed by atoms with E-state index in [0.29, 0.717) is 12.5 Å². The molecular formula is C14H15NO2. The van der Waals surface area contributed by atoms with Gasteiger partial charge in [-0.1, -0.05) is 36.4 Å². The van der Waals surface area contributed by atoms with E-state index >= 15 is 0 Å². The third-order valence-corrected chi connectivity index (χ3v) is 3.55. The van der Waals surface area contributed by atoms with Gasteiger partial charge in [0, 0.05) is 6.54 Å². The fourth-order valence-electron chi connectivity index (χ4n) is 2.47. The van der Waals surface area contributed by atoms with Crippen molar-refractivity contribution in [1.82, 2.24) is 4.90 Å². The quantitative estimate of drug-likeness (QED) is 0.792. The van der Waals surface area contributed by atoms with Gasteiger partial charge in [0.25, 0.3) is 0 Å². The number of hydrogen-bond acceptors (Lipinski definition) is 1. The molecule has 1 heterocycles. The first-order valence-electron chi connectivity index (χ1n) is 6.01. The molecule has 2 aliphatic rings. The van der Waals surface area contributed by atoms with Crippen molar-refractivity contribution in [2.75, 3.05) is 6.54 Å². The molecule has 1 atom stereocenters. The molecule has 1 aliphatic heterocycles. The summed E-state index contributed by atoms with van der Waals surface area (Å²) in [7, 11) is 0. The molecule has 88 valence electrons. The Labute approximate surface area is 100 Å². The van der Waals surface area contributed by atoms with Gasteiger partial charge in [0.2, 0.25) is 0 Å². The van der Waals surface area contributed by atoms with Gasteiger partial charge < -0.3 is 5.11 Å². The van der Waals surface area contributed by atoms with E-state index < -0.39 is 6.09 Å². The molecule has 1 fully saturated rings. The lowest BCUT2D eigenvalue weighted by Crippen LogP contribution is -2.30. The molecule has 1 aromatic rings. The largest absolute Gasteiger partial charge is 0.465 e. The Hall–Kier alpha value is -1.77. The summed E-state index contributed by atoms with van der Waals surface area (Å²) in [6, 6.07) is 9.76. The van der Waals surface area contributed by atoms with E-state index in [-0.39, 0.29) is 6.04 Å². The Morgan fingerprint density at radius 2 is 1.94 bits per heavy atom. The van der Waals surface area contributed by atoms with E-state index in [1.807, 2.05) is 30.3 Å². The molecule has 1 aromatic carbocycles. The highest BCUT2D eigenvalue weighted by Gasteiger charge is 2.36. The van der Waals surface area contributed by atoms with E-state index in [1.54, 1.807) is 0 Å². The van der Waals surface area contributed by atoms with Crippen LogP contribution in [0.1, 0.15) is 24.4 Å². The molecule has 0 unspecified atom stereocenters. The van der Waals surface area contributed by atoms with Gasteiger partial charge in [0.1, 0.15) is 0 Å². The highest BCUT2D eigenvalue weighted by Crippen LogP contribution is 2.42. The summed E-state index contributed by atoms with van der Waals surface area (Å²) in [5.41, 5.74) is 2.37. The minimum atomic E-state index is -0.828. The molecule has 0 radical (unpaired) electrons. The molecule has 1 saturated carbocycles. The Morgan fingerprint density at radius 3 is 2.53 bits per heavy atom. The Kier molecular flexibility index (Phi) is 2.39. The molecule has 1 amide bonds. The van der Waals surface area contributed by atoms with Crippen LogP contribution in [0, 0.1) is 5.92 Å². The van der Waals surface area contributed by atoms with E-state index in [1.165, 1.54) is 23.3 Å². The fourth-order valence-corrected chi connectivity index (χ4v) is 2.47. The SMILES string of the molecule is O=C(O)N1CC(C2CC2)=C[C@H]1c1ccccc1. The summed E-state index contributed by atoms with van der Waals surface area (Å²) in [6.45, 7) is 0.583. The summed E-state index contributed by atoms with van der Waals surface area (Å²) < 4.78 is 0. The van der Waals surface area contributed by atoms with Crippen LogP contribution in [-0.2, 0) is 0 Å². The standard InChI is InChI=1S/C14H15NO2/c16-14(17)15-9-12(10-6-7-10)8-13(15)11-4-2-1-3-5-11/h1-5,8,10,13H,6-7,9H2,(H,16,17)/t13-/m0/s1. The van der Waals surface area contributed by atoms with Crippen molar-refractivity contribution in [1.29, 1.82) is 0 Å². The second kappa shape index (κ2) is 3.91. The Balaban J connectivity index is 1.91. The molecule has 3 nitrogen and oxygen atoms in total. The van der Waals surface area contributed by atoms with Gasteiger partial charge in [-0.3, -0.25) is 4.90 Å². The van der Waals surface area contributed by atoms with Crippen molar-refractivity contribution in [3.63, 3.8) is 0 Å². The molecule has 0 aromatic heterocycles. The van der Waals surface area contributed by atoms with Crippen LogP contribution in [0.25, 0.3) is 0 Å². The number of carbonyl (C=O) groups is 1. The zero-order valence-electron chi connectivity index (χ0n) is 9.54. The van der Waals surface area contributed by atoms with Crippen molar-refractivity contribution >= 4 is 6.09 Å². The molecule has 3 heteroatoms. The Morgan fingerprint density at radius 1 is 1.24 bits per heavy atom. The molecule has 0 saturated heterocycles. The number of amides is 1. The third-order valence-electron chi connectivity index (χ3n) is 3.55. The van der Waals surface area contributed by atoms with Crippen LogP contribution in [0.2, 0.25) is 0 Å². The maximum Gasteiger partial charge on any atom is 0.408 e. The average molecular weight is 229 g/mol. The van der Waals surface area contributed by atoms with E-state index in [0.717, 1.165) is 5.56 Å². The zero-order chi connectivity index (χ0) is 11.8. The summed E-state index contributed by atoms with van der Waals surface area (Å²) >= 11 is 0. The van der Waals surface area contributed by atoms with Gasteiger partial charge in [0.15, 0.2) is 0 Å². The van der Waals surface area contributed by atoms with E-state index in [4.69, 9.17) is 0 Å². The highest BCUT2D eigenvalue weighted by molar-refractivity contribution is 5.68. The van der Waals surface area contributed by atoms with Gasteiger partial charge in [-0.2, -0.15) is 0 Å². The van der Waals surface area contributed by atoms with Crippen molar-refractivity contribution in [3.05, 3.63) is 47.5 Å². The minimum Gasteiger partial charge on any atom is -0.465 e. The van der Waals surface area contributed by atoms with Crippen molar-refractivity contribution in [3.8, 4) is 0 Å². The molecule has 0 bridgehead atoms. The molecule has 3 rings (SSSR count). The lowest BCUT2D eigenvalue weighted by molar-refractivity contribution is 0.143. The van der Waals surface area contributed by atoms with Crippen molar-refractivity contribution in [2.24, 2.45) is 5.92 Å². The predicted octanol–water partition coefficient (Wildman–Crippen LogP) is 3.06. The van der Waals surface area contributed by atoms with Gasteiger partial charge in [0.05, 0.1) is 6.04 Å². The van der Waals surface area contributed by atoms with Crippen LogP contribution >= 0.6 is 0 Å². The molecule has 0 spiro atoms. The van der Waals surface area contributed by atoms with Crippen LogP contribution in [0.3, 0.4) is 0 Å². The monoisotopic (exact) mass is 229 g/mol. The van der Waals surface area contributed by atoms with Crippen LogP contribution in [0.15, 0.2) is 42.0 Å².